The van der Waals surface area contributed by atoms with Crippen LogP contribution in [0.4, 0.5) is 0 Å². The molecule has 0 radical (unpaired) electrons. The summed E-state index contributed by atoms with van der Waals surface area (Å²) >= 11 is 6.04. The molecule has 1 aliphatic heterocycles. The van der Waals surface area contributed by atoms with Gasteiger partial charge < -0.3 is 14.2 Å². The Morgan fingerprint density at radius 1 is 1.20 bits per heavy atom. The van der Waals surface area contributed by atoms with Crippen LogP contribution in [0.2, 0.25) is 5.02 Å². The Balaban J connectivity index is 1.78. The summed E-state index contributed by atoms with van der Waals surface area (Å²) in [5, 5.41) is 0.412. The molecule has 0 saturated heterocycles. The van der Waals surface area contributed by atoms with Gasteiger partial charge in [0.1, 0.15) is 12.4 Å². The van der Waals surface area contributed by atoms with Gasteiger partial charge in [0.05, 0.1) is 10.6 Å². The van der Waals surface area contributed by atoms with Crippen LogP contribution in [0.15, 0.2) is 36.4 Å². The van der Waals surface area contributed by atoms with Crippen LogP contribution in [-0.4, -0.2) is 13.1 Å². The van der Waals surface area contributed by atoms with Crippen molar-refractivity contribution in [2.45, 2.75) is 6.61 Å². The topological polar surface area (TPSA) is 44.8 Å². The predicted octanol–water partition coefficient (Wildman–Crippen LogP) is 3.46. The molecule has 4 nitrogen and oxygen atoms in total. The van der Waals surface area contributed by atoms with Gasteiger partial charge in [-0.3, -0.25) is 4.79 Å². The third-order valence-corrected chi connectivity index (χ3v) is 3.24. The molecule has 1 aliphatic rings. The lowest BCUT2D eigenvalue weighted by molar-refractivity contribution is 0.111. The van der Waals surface area contributed by atoms with Crippen molar-refractivity contribution >= 4 is 17.9 Å². The molecule has 0 N–H and O–H groups in total. The molecule has 0 fully saturated rings. The molecule has 5 heteroatoms. The highest BCUT2D eigenvalue weighted by atomic mass is 35.5. The van der Waals surface area contributed by atoms with E-state index in [0.29, 0.717) is 28.7 Å². The number of ether oxygens (including phenoxy) is 3. The third-order valence-electron chi connectivity index (χ3n) is 2.94. The van der Waals surface area contributed by atoms with Crippen LogP contribution in [0.25, 0.3) is 0 Å². The molecule has 2 aromatic carbocycles. The van der Waals surface area contributed by atoms with Crippen LogP contribution in [0.5, 0.6) is 17.2 Å². The highest BCUT2D eigenvalue weighted by Crippen LogP contribution is 2.33. The summed E-state index contributed by atoms with van der Waals surface area (Å²) in [7, 11) is 0. The average molecular weight is 291 g/mol. The van der Waals surface area contributed by atoms with Crippen LogP contribution >= 0.6 is 11.6 Å². The maximum absolute atomic E-state index is 11.0. The molecule has 0 bridgehead atoms. The number of carbonyl (C=O) groups is 1. The van der Waals surface area contributed by atoms with Gasteiger partial charge in [0, 0.05) is 0 Å². The minimum Gasteiger partial charge on any atom is -0.487 e. The van der Waals surface area contributed by atoms with E-state index in [4.69, 9.17) is 25.8 Å². The number of aldehydes is 1. The van der Waals surface area contributed by atoms with E-state index in [1.54, 1.807) is 18.2 Å². The Morgan fingerprint density at radius 2 is 2.05 bits per heavy atom. The number of fused-ring (bicyclic) bond motifs is 1. The Kier molecular flexibility index (Phi) is 3.48. The van der Waals surface area contributed by atoms with E-state index in [0.717, 1.165) is 17.6 Å². The maximum Gasteiger partial charge on any atom is 0.231 e. The van der Waals surface area contributed by atoms with Crippen LogP contribution < -0.4 is 14.2 Å². The first-order valence-corrected chi connectivity index (χ1v) is 6.41. The minimum absolute atomic E-state index is 0.236. The third kappa shape index (κ3) is 2.42. The molecule has 0 spiro atoms. The quantitative estimate of drug-likeness (QED) is 0.809. The number of halogens is 1. The largest absolute Gasteiger partial charge is 0.487 e. The second-order valence-corrected chi connectivity index (χ2v) is 4.66. The second-order valence-electron chi connectivity index (χ2n) is 4.25. The van der Waals surface area contributed by atoms with Gasteiger partial charge in [-0.05, 0) is 29.8 Å². The van der Waals surface area contributed by atoms with Gasteiger partial charge in [0.15, 0.2) is 17.8 Å². The standard InChI is InChI=1S/C15H11ClO4/c16-12-3-1-2-11(7-17)15(12)18-8-10-4-5-13-14(6-10)20-9-19-13/h1-7H,8-9H2. The van der Waals surface area contributed by atoms with E-state index < -0.39 is 0 Å². The van der Waals surface area contributed by atoms with Crippen molar-refractivity contribution in [2.24, 2.45) is 0 Å². The summed E-state index contributed by atoms with van der Waals surface area (Å²) in [5.41, 5.74) is 1.34. The Hall–Kier alpha value is -2.20. The molecule has 0 aliphatic carbocycles. The van der Waals surface area contributed by atoms with E-state index >= 15 is 0 Å². The summed E-state index contributed by atoms with van der Waals surface area (Å²) in [6.45, 7) is 0.528. The van der Waals surface area contributed by atoms with E-state index in [1.807, 2.05) is 18.2 Å². The molecule has 1 heterocycles. The lowest BCUT2D eigenvalue weighted by Crippen LogP contribution is -1.99. The molecule has 0 saturated carbocycles. The number of rotatable bonds is 4. The zero-order valence-electron chi connectivity index (χ0n) is 10.5. The second kappa shape index (κ2) is 5.43. The van der Waals surface area contributed by atoms with Crippen LogP contribution in [0.3, 0.4) is 0 Å². The van der Waals surface area contributed by atoms with Crippen molar-refractivity contribution in [3.63, 3.8) is 0 Å². The van der Waals surface area contributed by atoms with Crippen molar-refractivity contribution in [3.8, 4) is 17.2 Å². The first-order chi connectivity index (χ1) is 9.78. The van der Waals surface area contributed by atoms with Gasteiger partial charge in [-0.1, -0.05) is 23.7 Å². The van der Waals surface area contributed by atoms with Crippen LogP contribution in [-0.2, 0) is 6.61 Å². The van der Waals surface area contributed by atoms with Gasteiger partial charge in [0.2, 0.25) is 6.79 Å². The first kappa shape index (κ1) is 12.8. The van der Waals surface area contributed by atoms with Crippen molar-refractivity contribution in [3.05, 3.63) is 52.5 Å². The molecule has 102 valence electrons. The summed E-state index contributed by atoms with van der Waals surface area (Å²) in [6.07, 6.45) is 0.723. The summed E-state index contributed by atoms with van der Waals surface area (Å²) < 4.78 is 16.2. The van der Waals surface area contributed by atoms with E-state index in [2.05, 4.69) is 0 Å². The van der Waals surface area contributed by atoms with Crippen LogP contribution in [0.1, 0.15) is 15.9 Å². The number of benzene rings is 2. The highest BCUT2D eigenvalue weighted by Gasteiger charge is 2.14. The fourth-order valence-electron chi connectivity index (χ4n) is 1.96. The molecule has 0 aromatic heterocycles. The number of hydrogen-bond donors (Lipinski definition) is 0. The predicted molar refractivity (Wildman–Crippen MR) is 73.7 cm³/mol. The fraction of sp³-hybridized carbons (Fsp3) is 0.133. The number of hydrogen-bond acceptors (Lipinski definition) is 4. The Morgan fingerprint density at radius 3 is 2.90 bits per heavy atom. The zero-order valence-corrected chi connectivity index (χ0v) is 11.2. The molecule has 3 rings (SSSR count). The SMILES string of the molecule is O=Cc1cccc(Cl)c1OCc1ccc2c(c1)OCO2. The summed E-state index contributed by atoms with van der Waals surface area (Å²) in [4.78, 5) is 11.0. The van der Waals surface area contributed by atoms with E-state index in [1.165, 1.54) is 0 Å². The van der Waals surface area contributed by atoms with Crippen LogP contribution in [0, 0.1) is 0 Å². The first-order valence-electron chi connectivity index (χ1n) is 6.03. The monoisotopic (exact) mass is 290 g/mol. The average Bonchev–Trinajstić information content (AvgIpc) is 2.93. The molecule has 20 heavy (non-hydrogen) atoms. The Bertz CT molecular complexity index is 654. The van der Waals surface area contributed by atoms with Gasteiger partial charge in [-0.25, -0.2) is 0 Å². The molecule has 2 aromatic rings. The van der Waals surface area contributed by atoms with Gasteiger partial charge in [-0.15, -0.1) is 0 Å². The molecule has 0 unspecified atom stereocenters. The Labute approximate surface area is 120 Å². The van der Waals surface area contributed by atoms with Gasteiger partial charge >= 0.3 is 0 Å². The van der Waals surface area contributed by atoms with E-state index in [-0.39, 0.29) is 6.79 Å². The summed E-state index contributed by atoms with van der Waals surface area (Å²) in [5.74, 6) is 1.81. The van der Waals surface area contributed by atoms with Crippen molar-refractivity contribution in [1.82, 2.24) is 0 Å². The lowest BCUT2D eigenvalue weighted by atomic mass is 10.2. The number of carbonyl (C=O) groups excluding carboxylic acids is 1. The number of para-hydroxylation sites is 1. The van der Waals surface area contributed by atoms with Crippen molar-refractivity contribution in [1.29, 1.82) is 0 Å². The lowest BCUT2D eigenvalue weighted by Gasteiger charge is -2.10. The molecular weight excluding hydrogens is 280 g/mol. The highest BCUT2D eigenvalue weighted by molar-refractivity contribution is 6.32. The van der Waals surface area contributed by atoms with Crippen molar-refractivity contribution in [2.75, 3.05) is 6.79 Å². The molecular formula is C15H11ClO4. The van der Waals surface area contributed by atoms with Gasteiger partial charge in [0.25, 0.3) is 0 Å². The van der Waals surface area contributed by atoms with E-state index in [9.17, 15) is 4.79 Å². The smallest absolute Gasteiger partial charge is 0.231 e. The normalized spacial score (nSPS) is 12.2. The van der Waals surface area contributed by atoms with Gasteiger partial charge in [-0.2, -0.15) is 0 Å². The molecule has 0 atom stereocenters. The minimum atomic E-state index is 0.236. The molecule has 0 amide bonds. The zero-order chi connectivity index (χ0) is 13.9. The van der Waals surface area contributed by atoms with Crippen molar-refractivity contribution < 1.29 is 19.0 Å². The summed E-state index contributed by atoms with van der Waals surface area (Å²) in [6, 6.07) is 10.6. The maximum atomic E-state index is 11.0. The fourth-order valence-corrected chi connectivity index (χ4v) is 2.19.